The summed E-state index contributed by atoms with van der Waals surface area (Å²) in [6, 6.07) is 20.1. The van der Waals surface area contributed by atoms with Crippen molar-refractivity contribution in [3.8, 4) is 11.5 Å². The van der Waals surface area contributed by atoms with E-state index >= 15 is 0 Å². The molecule has 3 atom stereocenters. The predicted molar refractivity (Wildman–Crippen MR) is 151 cm³/mol. The van der Waals surface area contributed by atoms with Crippen LogP contribution < -0.4 is 14.8 Å². The normalized spacial score (nSPS) is 20.8. The minimum Gasteiger partial charge on any atom is -0.490 e. The Balaban J connectivity index is 1.06. The smallest absolute Gasteiger partial charge is 0.293 e. The molecule has 1 N–H and O–H groups in total. The first-order chi connectivity index (χ1) is 18.6. The highest BCUT2D eigenvalue weighted by Gasteiger charge is 2.41. The summed E-state index contributed by atoms with van der Waals surface area (Å²) in [5.41, 5.74) is 3.30. The van der Waals surface area contributed by atoms with E-state index < -0.39 is 0 Å². The Hall–Kier alpha value is -3.56. The molecule has 0 spiro atoms. The van der Waals surface area contributed by atoms with Gasteiger partial charge >= 0.3 is 0 Å². The number of amides is 1. The zero-order valence-corrected chi connectivity index (χ0v) is 22.0. The first-order valence-electron chi connectivity index (χ1n) is 13.0. The first kappa shape index (κ1) is 24.8. The van der Waals surface area contributed by atoms with Crippen LogP contribution in [0.3, 0.4) is 0 Å². The van der Waals surface area contributed by atoms with Crippen molar-refractivity contribution >= 4 is 46.7 Å². The number of rotatable bonds is 9. The largest absolute Gasteiger partial charge is 0.490 e. The molecule has 1 unspecified atom stereocenters. The number of para-hydroxylation sites is 1. The van der Waals surface area contributed by atoms with Crippen molar-refractivity contribution in [2.24, 2.45) is 7.05 Å². The second-order valence-electron chi connectivity index (χ2n) is 9.96. The van der Waals surface area contributed by atoms with Crippen LogP contribution >= 0.6 is 11.3 Å². The summed E-state index contributed by atoms with van der Waals surface area (Å²) < 4.78 is 15.3. The summed E-state index contributed by atoms with van der Waals surface area (Å²) in [7, 11) is 3.60. The number of carbonyl (C=O) groups is 2. The van der Waals surface area contributed by atoms with E-state index in [1.807, 2.05) is 77.7 Å². The Morgan fingerprint density at radius 2 is 1.82 bits per heavy atom. The Bertz CT molecular complexity index is 1440. The molecule has 6 rings (SSSR count). The summed E-state index contributed by atoms with van der Waals surface area (Å²) >= 11 is 1.63. The number of fused-ring (bicyclic) bond motifs is 3. The number of thiophene rings is 1. The van der Waals surface area contributed by atoms with Gasteiger partial charge in [-0.25, -0.2) is 0 Å². The van der Waals surface area contributed by atoms with Gasteiger partial charge in [-0.2, -0.15) is 0 Å². The lowest BCUT2D eigenvalue weighted by Crippen LogP contribution is -2.48. The minimum absolute atomic E-state index is 0.145. The average molecular weight is 526 g/mol. The van der Waals surface area contributed by atoms with Crippen LogP contribution in [0.1, 0.15) is 41.7 Å². The lowest BCUT2D eigenvalue weighted by Gasteiger charge is -2.37. The van der Waals surface area contributed by atoms with Gasteiger partial charge in [-0.3, -0.25) is 4.79 Å². The van der Waals surface area contributed by atoms with Crippen molar-refractivity contribution in [1.82, 2.24) is 9.38 Å². The lowest BCUT2D eigenvalue weighted by atomic mass is 9.85. The molecule has 2 aliphatic rings. The van der Waals surface area contributed by atoms with Crippen LogP contribution in [0.2, 0.25) is 0 Å². The van der Waals surface area contributed by atoms with Crippen molar-refractivity contribution in [3.05, 3.63) is 77.3 Å². The van der Waals surface area contributed by atoms with Crippen molar-refractivity contribution in [1.29, 1.82) is 0 Å². The van der Waals surface area contributed by atoms with E-state index in [1.165, 1.54) is 0 Å². The number of benzene rings is 2. The summed E-state index contributed by atoms with van der Waals surface area (Å²) in [5.74, 6) is 1.41. The van der Waals surface area contributed by atoms with Crippen molar-refractivity contribution in [3.63, 3.8) is 0 Å². The Labute approximate surface area is 226 Å². The number of hydrogen-bond acceptors (Lipinski definition) is 6. The second kappa shape index (κ2) is 10.7. The van der Waals surface area contributed by atoms with Gasteiger partial charge in [0.15, 0.2) is 0 Å². The van der Waals surface area contributed by atoms with Gasteiger partial charge in [0.1, 0.15) is 29.9 Å². The Morgan fingerprint density at radius 3 is 2.55 bits per heavy atom. The molecule has 4 heterocycles. The molecule has 2 fully saturated rings. The fourth-order valence-corrected chi connectivity index (χ4v) is 6.61. The van der Waals surface area contributed by atoms with E-state index in [0.717, 1.165) is 64.8 Å². The third-order valence-electron chi connectivity index (χ3n) is 7.66. The molecule has 1 radical (unpaired) electrons. The van der Waals surface area contributed by atoms with Gasteiger partial charge in [-0.05, 0) is 73.5 Å². The zero-order chi connectivity index (χ0) is 26.1. The zero-order valence-electron chi connectivity index (χ0n) is 21.2. The quantitative estimate of drug-likeness (QED) is 0.238. The van der Waals surface area contributed by atoms with E-state index in [4.69, 9.17) is 9.47 Å². The second-order valence-corrected chi connectivity index (χ2v) is 10.9. The molecule has 193 valence electrons. The van der Waals surface area contributed by atoms with Crippen LogP contribution in [-0.2, 0) is 18.4 Å². The van der Waals surface area contributed by atoms with E-state index in [-0.39, 0.29) is 12.0 Å². The van der Waals surface area contributed by atoms with Crippen LogP contribution in [-0.4, -0.2) is 47.1 Å². The Morgan fingerprint density at radius 1 is 1.08 bits per heavy atom. The molecule has 38 heavy (non-hydrogen) atoms. The van der Waals surface area contributed by atoms with E-state index in [9.17, 15) is 9.59 Å². The maximum Gasteiger partial charge on any atom is 0.293 e. The summed E-state index contributed by atoms with van der Waals surface area (Å²) in [5, 5.41) is 5.08. The van der Waals surface area contributed by atoms with Gasteiger partial charge in [0.05, 0.1) is 16.4 Å². The fourth-order valence-electron chi connectivity index (χ4n) is 5.76. The number of anilines is 1. The first-order valence-corrected chi connectivity index (χ1v) is 13.8. The van der Waals surface area contributed by atoms with Gasteiger partial charge in [-0.1, -0.05) is 18.2 Å². The number of aromatic nitrogens is 1. The average Bonchev–Trinajstić information content (AvgIpc) is 3.58. The highest BCUT2D eigenvalue weighted by atomic mass is 32.1. The van der Waals surface area contributed by atoms with Gasteiger partial charge in [-0.15, -0.1) is 11.3 Å². The molecule has 0 aliphatic carbocycles. The molecule has 1 amide bonds. The number of aryl methyl sites for hydroxylation is 1. The summed E-state index contributed by atoms with van der Waals surface area (Å²) in [4.78, 5) is 26.2. The molecule has 2 bridgehead atoms. The monoisotopic (exact) mass is 526 g/mol. The lowest BCUT2D eigenvalue weighted by molar-refractivity contribution is 0.0957. The SMILES string of the molecule is Cn1c(C(=O)Nc2ccccc2COc2ccc(OC3C[C@H]4CC[C@@H](C3)N4[B]C=O)cc2)cc2sccc21. The number of nitrogens with one attached hydrogen (secondary N) is 1. The number of ether oxygens (including phenoxy) is 2. The third kappa shape index (κ3) is 4.96. The van der Waals surface area contributed by atoms with Crippen LogP contribution in [0.15, 0.2) is 66.0 Å². The molecular formula is C29H29BN3O4S. The van der Waals surface area contributed by atoms with Crippen LogP contribution in [0.5, 0.6) is 11.5 Å². The summed E-state index contributed by atoms with van der Waals surface area (Å²) in [6.07, 6.45) is 5.15. The molecule has 2 aliphatic heterocycles. The maximum absolute atomic E-state index is 13.0. The molecule has 2 saturated heterocycles. The van der Waals surface area contributed by atoms with E-state index in [1.54, 1.807) is 18.8 Å². The molecule has 4 aromatic rings. The summed E-state index contributed by atoms with van der Waals surface area (Å²) in [6.45, 7) is 0.327. The number of carbonyl (C=O) groups excluding carboxylic acids is 2. The number of piperidine rings is 1. The van der Waals surface area contributed by atoms with Crippen molar-refractivity contribution < 1.29 is 19.1 Å². The highest BCUT2D eigenvalue weighted by Crippen LogP contribution is 2.36. The third-order valence-corrected chi connectivity index (χ3v) is 8.52. The Kier molecular flexibility index (Phi) is 6.95. The predicted octanol–water partition coefficient (Wildman–Crippen LogP) is 5.25. The molecule has 7 nitrogen and oxygen atoms in total. The van der Waals surface area contributed by atoms with Crippen LogP contribution in [0, 0.1) is 0 Å². The van der Waals surface area contributed by atoms with Gasteiger partial charge in [0.25, 0.3) is 13.3 Å². The van der Waals surface area contributed by atoms with E-state index in [0.29, 0.717) is 24.4 Å². The minimum atomic E-state index is -0.145. The van der Waals surface area contributed by atoms with Gasteiger partial charge in [0, 0.05) is 30.4 Å². The molecule has 0 saturated carbocycles. The topological polar surface area (TPSA) is 72.8 Å². The van der Waals surface area contributed by atoms with Crippen molar-refractivity contribution in [2.45, 2.75) is 50.5 Å². The molecule has 9 heteroatoms. The molecule has 2 aromatic carbocycles. The highest BCUT2D eigenvalue weighted by molar-refractivity contribution is 7.17. The molecule has 2 aromatic heterocycles. The van der Waals surface area contributed by atoms with E-state index in [2.05, 4.69) is 10.1 Å². The number of hydrogen-bond donors (Lipinski definition) is 1. The van der Waals surface area contributed by atoms with Crippen LogP contribution in [0.25, 0.3) is 10.2 Å². The fraction of sp³-hybridized carbons (Fsp3) is 0.310. The van der Waals surface area contributed by atoms with Gasteiger partial charge in [0.2, 0.25) is 0 Å². The van der Waals surface area contributed by atoms with Gasteiger partial charge < -0.3 is 29.0 Å². The molecular weight excluding hydrogens is 497 g/mol. The van der Waals surface area contributed by atoms with Crippen LogP contribution in [0.4, 0.5) is 5.69 Å². The maximum atomic E-state index is 13.0. The number of nitrogens with zero attached hydrogens (tertiary/aromatic N) is 2. The standard InChI is InChI=1S/C29H29BN3O4S/c1-32-26-12-13-38-28(26)16-27(32)29(35)31-25-5-3-2-4-19(25)17-36-22-8-10-23(11-9-22)37-24-14-20-6-7-21(15-24)33(20)30-18-34/h2-5,8-13,16,18,20-21,24H,6-7,14-15,17H2,1H3,(H,31,35)/t20-,21+,24?. The van der Waals surface area contributed by atoms with Crippen molar-refractivity contribution in [2.75, 3.05) is 5.32 Å².